The largest absolute Gasteiger partial charge is 0.508 e. The van der Waals surface area contributed by atoms with Crippen LogP contribution in [0.1, 0.15) is 19.4 Å². The standard InChI is InChI=1S/C11H13F3OS/c1-7(2)5-8-6-9(3-4-10(8)15)16-11(12,13)14/h3-4,6-7,15H,5H2,1-2H3. The van der Waals surface area contributed by atoms with Gasteiger partial charge in [-0.2, -0.15) is 13.2 Å². The molecular formula is C11H13F3OS. The van der Waals surface area contributed by atoms with Crippen LogP contribution in [-0.2, 0) is 6.42 Å². The Morgan fingerprint density at radius 2 is 1.94 bits per heavy atom. The van der Waals surface area contributed by atoms with E-state index in [2.05, 4.69) is 0 Å². The van der Waals surface area contributed by atoms with Crippen molar-refractivity contribution >= 4 is 11.8 Å². The highest BCUT2D eigenvalue weighted by Crippen LogP contribution is 2.38. The number of hydrogen-bond donors (Lipinski definition) is 1. The van der Waals surface area contributed by atoms with Crippen LogP contribution in [0.3, 0.4) is 0 Å². The monoisotopic (exact) mass is 250 g/mol. The van der Waals surface area contributed by atoms with E-state index in [4.69, 9.17) is 0 Å². The fraction of sp³-hybridized carbons (Fsp3) is 0.455. The molecule has 0 spiro atoms. The van der Waals surface area contributed by atoms with Gasteiger partial charge in [0.1, 0.15) is 5.75 Å². The van der Waals surface area contributed by atoms with Gasteiger partial charge in [-0.3, -0.25) is 0 Å². The molecule has 90 valence electrons. The number of thioether (sulfide) groups is 1. The second kappa shape index (κ2) is 4.99. The van der Waals surface area contributed by atoms with Crippen molar-refractivity contribution in [1.29, 1.82) is 0 Å². The normalized spacial score (nSPS) is 12.1. The van der Waals surface area contributed by atoms with Crippen molar-refractivity contribution in [3.05, 3.63) is 23.8 Å². The molecule has 0 amide bonds. The van der Waals surface area contributed by atoms with Crippen LogP contribution in [-0.4, -0.2) is 10.6 Å². The predicted molar refractivity (Wildman–Crippen MR) is 58.6 cm³/mol. The second-order valence-corrected chi connectivity index (χ2v) is 5.07. The summed E-state index contributed by atoms with van der Waals surface area (Å²) in [6, 6.07) is 3.98. The molecule has 0 heterocycles. The molecule has 16 heavy (non-hydrogen) atoms. The highest BCUT2D eigenvalue weighted by atomic mass is 32.2. The molecule has 5 heteroatoms. The summed E-state index contributed by atoms with van der Waals surface area (Å²) in [6.45, 7) is 3.89. The number of phenols is 1. The Kier molecular flexibility index (Phi) is 4.13. The van der Waals surface area contributed by atoms with Gasteiger partial charge in [-0.05, 0) is 47.9 Å². The number of rotatable bonds is 3. The molecule has 0 aromatic heterocycles. The van der Waals surface area contributed by atoms with Crippen molar-refractivity contribution in [2.75, 3.05) is 0 Å². The lowest BCUT2D eigenvalue weighted by Crippen LogP contribution is -2.00. The van der Waals surface area contributed by atoms with Crippen molar-refractivity contribution < 1.29 is 18.3 Å². The smallest absolute Gasteiger partial charge is 0.446 e. The van der Waals surface area contributed by atoms with Crippen molar-refractivity contribution in [3.63, 3.8) is 0 Å². The van der Waals surface area contributed by atoms with E-state index < -0.39 is 5.51 Å². The highest BCUT2D eigenvalue weighted by molar-refractivity contribution is 8.00. The van der Waals surface area contributed by atoms with Crippen molar-refractivity contribution in [2.45, 2.75) is 30.7 Å². The molecule has 1 aromatic rings. The van der Waals surface area contributed by atoms with Crippen LogP contribution in [0.25, 0.3) is 0 Å². The second-order valence-electron chi connectivity index (χ2n) is 3.94. The van der Waals surface area contributed by atoms with E-state index in [1.54, 1.807) is 0 Å². The fourth-order valence-electron chi connectivity index (χ4n) is 1.36. The van der Waals surface area contributed by atoms with E-state index in [9.17, 15) is 18.3 Å². The maximum Gasteiger partial charge on any atom is 0.446 e. The molecule has 1 rings (SSSR count). The maximum atomic E-state index is 12.1. The minimum absolute atomic E-state index is 0.0558. The van der Waals surface area contributed by atoms with Gasteiger partial charge < -0.3 is 5.11 Å². The van der Waals surface area contributed by atoms with E-state index >= 15 is 0 Å². The molecule has 0 fully saturated rings. The number of alkyl halides is 3. The van der Waals surface area contributed by atoms with Gasteiger partial charge in [0.2, 0.25) is 0 Å². The van der Waals surface area contributed by atoms with Gasteiger partial charge in [0, 0.05) is 4.90 Å². The molecule has 0 atom stereocenters. The van der Waals surface area contributed by atoms with Gasteiger partial charge in [0.05, 0.1) is 0 Å². The molecule has 0 aliphatic heterocycles. The molecule has 0 saturated heterocycles. The van der Waals surface area contributed by atoms with Crippen molar-refractivity contribution in [2.24, 2.45) is 5.92 Å². The molecule has 1 aromatic carbocycles. The van der Waals surface area contributed by atoms with Gasteiger partial charge in [0.25, 0.3) is 0 Å². The fourth-order valence-corrected chi connectivity index (χ4v) is 1.97. The van der Waals surface area contributed by atoms with Crippen molar-refractivity contribution in [1.82, 2.24) is 0 Å². The summed E-state index contributed by atoms with van der Waals surface area (Å²) >= 11 is -0.160. The first-order valence-corrected chi connectivity index (χ1v) is 5.67. The number of aromatic hydroxyl groups is 1. The van der Waals surface area contributed by atoms with Crippen LogP contribution in [0.15, 0.2) is 23.1 Å². The lowest BCUT2D eigenvalue weighted by Gasteiger charge is -2.10. The summed E-state index contributed by atoms with van der Waals surface area (Å²) in [4.78, 5) is 0.112. The lowest BCUT2D eigenvalue weighted by molar-refractivity contribution is -0.0328. The highest BCUT2D eigenvalue weighted by Gasteiger charge is 2.29. The van der Waals surface area contributed by atoms with Gasteiger partial charge in [0.15, 0.2) is 0 Å². The zero-order chi connectivity index (χ0) is 12.3. The summed E-state index contributed by atoms with van der Waals surface area (Å²) in [5.74, 6) is 0.345. The molecule has 0 aliphatic carbocycles. The van der Waals surface area contributed by atoms with Crippen LogP contribution in [0.5, 0.6) is 5.75 Å². The molecule has 0 unspecified atom stereocenters. The quantitative estimate of drug-likeness (QED) is 0.811. The first-order chi connectivity index (χ1) is 7.28. The minimum atomic E-state index is -4.29. The summed E-state index contributed by atoms with van der Waals surface area (Å²) in [6.07, 6.45) is 0.568. The Morgan fingerprint density at radius 1 is 1.31 bits per heavy atom. The lowest BCUT2D eigenvalue weighted by atomic mass is 10.0. The Labute approximate surface area is 96.7 Å². The van der Waals surface area contributed by atoms with Gasteiger partial charge in [-0.25, -0.2) is 0 Å². The number of phenolic OH excluding ortho intramolecular Hbond substituents is 1. The average molecular weight is 250 g/mol. The van der Waals surface area contributed by atoms with E-state index in [1.807, 2.05) is 13.8 Å². The van der Waals surface area contributed by atoms with Crippen LogP contribution in [0.4, 0.5) is 13.2 Å². The Hall–Kier alpha value is -0.840. The van der Waals surface area contributed by atoms with Crippen LogP contribution in [0, 0.1) is 5.92 Å². The molecule has 1 nitrogen and oxygen atoms in total. The SMILES string of the molecule is CC(C)Cc1cc(SC(F)(F)F)ccc1O. The molecular weight excluding hydrogens is 237 g/mol. The molecule has 0 radical (unpaired) electrons. The molecule has 0 bridgehead atoms. The summed E-state index contributed by atoms with van der Waals surface area (Å²) in [5, 5.41) is 9.49. The third-order valence-corrected chi connectivity index (χ3v) is 2.63. The molecule has 1 N–H and O–H groups in total. The Balaban J connectivity index is 2.89. The van der Waals surface area contributed by atoms with Crippen LogP contribution < -0.4 is 0 Å². The van der Waals surface area contributed by atoms with Gasteiger partial charge in [-0.1, -0.05) is 13.8 Å². The van der Waals surface area contributed by atoms with E-state index in [0.29, 0.717) is 12.0 Å². The van der Waals surface area contributed by atoms with Crippen LogP contribution >= 0.6 is 11.8 Å². The van der Waals surface area contributed by atoms with Crippen molar-refractivity contribution in [3.8, 4) is 5.75 Å². The summed E-state index contributed by atoms with van der Waals surface area (Å²) < 4.78 is 36.4. The maximum absolute atomic E-state index is 12.1. The number of hydrogen-bond acceptors (Lipinski definition) is 2. The minimum Gasteiger partial charge on any atom is -0.508 e. The van der Waals surface area contributed by atoms with Crippen LogP contribution in [0.2, 0.25) is 0 Å². The molecule has 0 saturated carbocycles. The number of benzene rings is 1. The number of halogens is 3. The summed E-state index contributed by atoms with van der Waals surface area (Å²) in [7, 11) is 0. The zero-order valence-electron chi connectivity index (χ0n) is 9.01. The first kappa shape index (κ1) is 13.2. The third-order valence-electron chi connectivity index (χ3n) is 1.91. The van der Waals surface area contributed by atoms with Gasteiger partial charge in [-0.15, -0.1) is 0 Å². The third kappa shape index (κ3) is 4.35. The predicted octanol–water partition coefficient (Wildman–Crippen LogP) is 4.20. The summed E-state index contributed by atoms with van der Waals surface area (Å²) in [5.41, 5.74) is -3.73. The topological polar surface area (TPSA) is 20.2 Å². The van der Waals surface area contributed by atoms with E-state index in [-0.39, 0.29) is 28.3 Å². The first-order valence-electron chi connectivity index (χ1n) is 4.85. The Morgan fingerprint density at radius 3 is 2.44 bits per heavy atom. The van der Waals surface area contributed by atoms with Gasteiger partial charge >= 0.3 is 5.51 Å². The average Bonchev–Trinajstić information content (AvgIpc) is 2.07. The Bertz CT molecular complexity index is 361. The van der Waals surface area contributed by atoms with E-state index in [1.165, 1.54) is 18.2 Å². The van der Waals surface area contributed by atoms with E-state index in [0.717, 1.165) is 0 Å². The zero-order valence-corrected chi connectivity index (χ0v) is 9.82. The molecule has 0 aliphatic rings.